The van der Waals surface area contributed by atoms with Crippen LogP contribution >= 0.6 is 0 Å². The van der Waals surface area contributed by atoms with Crippen LogP contribution in [0.4, 0.5) is 0 Å². The fraction of sp³-hybridized carbons (Fsp3) is 1.00. The summed E-state index contributed by atoms with van der Waals surface area (Å²) in [5, 5.41) is 13.4. The summed E-state index contributed by atoms with van der Waals surface area (Å²) in [6.07, 6.45) is 5.04. The van der Waals surface area contributed by atoms with Crippen LogP contribution in [0.25, 0.3) is 0 Å². The Kier molecular flexibility index (Phi) is 3.18. The molecule has 1 saturated carbocycles. The molecule has 0 aromatic heterocycles. The van der Waals surface area contributed by atoms with E-state index in [0.29, 0.717) is 5.92 Å². The second-order valence-electron chi connectivity index (χ2n) is 6.00. The average molecular weight is 224 g/mol. The van der Waals surface area contributed by atoms with Gasteiger partial charge in [-0.3, -0.25) is 0 Å². The summed E-state index contributed by atoms with van der Waals surface area (Å²) in [4.78, 5) is 2.61. The summed E-state index contributed by atoms with van der Waals surface area (Å²) in [6, 6.07) is 0. The first-order valence-corrected chi connectivity index (χ1v) is 6.94. The van der Waals surface area contributed by atoms with Gasteiger partial charge in [0, 0.05) is 25.6 Å². The van der Waals surface area contributed by atoms with Crippen LogP contribution in [-0.2, 0) is 0 Å². The highest BCUT2D eigenvalue weighted by Gasteiger charge is 2.41. The van der Waals surface area contributed by atoms with Gasteiger partial charge in [-0.2, -0.15) is 0 Å². The Morgan fingerprint density at radius 2 is 2.12 bits per heavy atom. The van der Waals surface area contributed by atoms with E-state index in [0.717, 1.165) is 24.8 Å². The van der Waals surface area contributed by atoms with Crippen molar-refractivity contribution < 1.29 is 5.11 Å². The van der Waals surface area contributed by atoms with Crippen LogP contribution in [0, 0.1) is 17.8 Å². The van der Waals surface area contributed by atoms with Crippen molar-refractivity contribution in [3.63, 3.8) is 0 Å². The second kappa shape index (κ2) is 4.63. The third-order valence-electron chi connectivity index (χ3n) is 4.81. The normalized spacial score (nSPS) is 44.8. The second-order valence-corrected chi connectivity index (χ2v) is 6.00. The van der Waals surface area contributed by atoms with E-state index in [1.165, 1.54) is 45.4 Å². The SMILES string of the molecule is OC1CCC2CN(CC3CCCNC3)CC12. The van der Waals surface area contributed by atoms with Gasteiger partial charge in [0.1, 0.15) is 0 Å². The number of hydrogen-bond acceptors (Lipinski definition) is 3. The lowest BCUT2D eigenvalue weighted by atomic mass is 9.99. The van der Waals surface area contributed by atoms with Crippen LogP contribution in [0.15, 0.2) is 0 Å². The van der Waals surface area contributed by atoms with Crippen LogP contribution in [0.2, 0.25) is 0 Å². The van der Waals surface area contributed by atoms with Crippen LogP contribution in [0.3, 0.4) is 0 Å². The smallest absolute Gasteiger partial charge is 0.0583 e. The van der Waals surface area contributed by atoms with Gasteiger partial charge in [-0.25, -0.2) is 0 Å². The molecule has 16 heavy (non-hydrogen) atoms. The highest BCUT2D eigenvalue weighted by atomic mass is 16.3. The lowest BCUT2D eigenvalue weighted by Crippen LogP contribution is -2.38. The monoisotopic (exact) mass is 224 g/mol. The maximum atomic E-state index is 9.88. The van der Waals surface area contributed by atoms with Gasteiger partial charge in [0.15, 0.2) is 0 Å². The van der Waals surface area contributed by atoms with E-state index in [-0.39, 0.29) is 6.10 Å². The molecule has 0 aromatic carbocycles. The van der Waals surface area contributed by atoms with Gasteiger partial charge in [0.25, 0.3) is 0 Å². The van der Waals surface area contributed by atoms with Crippen LogP contribution in [-0.4, -0.2) is 48.8 Å². The molecule has 3 nitrogen and oxygen atoms in total. The topological polar surface area (TPSA) is 35.5 Å². The number of nitrogens with one attached hydrogen (secondary N) is 1. The predicted molar refractivity (Wildman–Crippen MR) is 64.3 cm³/mol. The number of aliphatic hydroxyl groups is 1. The fourth-order valence-corrected chi connectivity index (χ4v) is 3.92. The van der Waals surface area contributed by atoms with Crippen molar-refractivity contribution >= 4 is 0 Å². The predicted octanol–water partition coefficient (Wildman–Crippen LogP) is 0.689. The molecule has 3 fully saturated rings. The standard InChI is InChI=1S/C13H24N2O/c16-13-4-3-11-8-15(9-12(11)13)7-10-2-1-5-14-6-10/h10-14,16H,1-9H2. The number of hydrogen-bond donors (Lipinski definition) is 2. The molecule has 0 bridgehead atoms. The summed E-state index contributed by atoms with van der Waals surface area (Å²) in [5.41, 5.74) is 0. The summed E-state index contributed by atoms with van der Waals surface area (Å²) in [6.45, 7) is 6.07. The zero-order chi connectivity index (χ0) is 11.0. The Morgan fingerprint density at radius 3 is 2.88 bits per heavy atom. The van der Waals surface area contributed by atoms with E-state index >= 15 is 0 Å². The first-order chi connectivity index (χ1) is 7.83. The maximum Gasteiger partial charge on any atom is 0.0583 e. The summed E-state index contributed by atoms with van der Waals surface area (Å²) in [7, 11) is 0. The van der Waals surface area contributed by atoms with E-state index < -0.39 is 0 Å². The van der Waals surface area contributed by atoms with Gasteiger partial charge in [0.2, 0.25) is 0 Å². The molecule has 4 atom stereocenters. The Balaban J connectivity index is 1.50. The number of likely N-dealkylation sites (tertiary alicyclic amines) is 1. The van der Waals surface area contributed by atoms with Crippen molar-refractivity contribution in [1.29, 1.82) is 0 Å². The Hall–Kier alpha value is -0.120. The van der Waals surface area contributed by atoms with Gasteiger partial charge in [0.05, 0.1) is 6.10 Å². The molecule has 3 aliphatic rings. The summed E-state index contributed by atoms with van der Waals surface area (Å²) >= 11 is 0. The van der Waals surface area contributed by atoms with Gasteiger partial charge in [-0.15, -0.1) is 0 Å². The first-order valence-electron chi connectivity index (χ1n) is 6.94. The van der Waals surface area contributed by atoms with Crippen molar-refractivity contribution in [2.75, 3.05) is 32.7 Å². The molecular formula is C13H24N2O. The summed E-state index contributed by atoms with van der Waals surface area (Å²) < 4.78 is 0. The number of aliphatic hydroxyl groups excluding tert-OH is 1. The van der Waals surface area contributed by atoms with Crippen LogP contribution in [0.5, 0.6) is 0 Å². The summed E-state index contributed by atoms with van der Waals surface area (Å²) in [5.74, 6) is 2.24. The number of rotatable bonds is 2. The van der Waals surface area contributed by atoms with Gasteiger partial charge >= 0.3 is 0 Å². The average Bonchev–Trinajstić information content (AvgIpc) is 2.83. The van der Waals surface area contributed by atoms with Crippen molar-refractivity contribution in [3.05, 3.63) is 0 Å². The third kappa shape index (κ3) is 2.13. The van der Waals surface area contributed by atoms with E-state index in [2.05, 4.69) is 10.2 Å². The van der Waals surface area contributed by atoms with Crippen LogP contribution in [0.1, 0.15) is 25.7 Å². The lowest BCUT2D eigenvalue weighted by molar-refractivity contribution is 0.121. The molecule has 0 aromatic rings. The van der Waals surface area contributed by atoms with Gasteiger partial charge in [-0.05, 0) is 50.6 Å². The molecule has 4 unspecified atom stereocenters. The highest BCUT2D eigenvalue weighted by molar-refractivity contribution is 4.94. The van der Waals surface area contributed by atoms with E-state index in [9.17, 15) is 5.11 Å². The molecule has 3 rings (SSSR count). The first kappa shape index (κ1) is 11.0. The third-order valence-corrected chi connectivity index (χ3v) is 4.81. The van der Waals surface area contributed by atoms with Crippen molar-refractivity contribution in [2.24, 2.45) is 17.8 Å². The van der Waals surface area contributed by atoms with Crippen LogP contribution < -0.4 is 5.32 Å². The number of piperidine rings is 1. The molecule has 3 heteroatoms. The van der Waals surface area contributed by atoms with E-state index in [4.69, 9.17) is 0 Å². The molecule has 2 N–H and O–H groups in total. The molecule has 0 spiro atoms. The maximum absolute atomic E-state index is 9.88. The molecule has 0 amide bonds. The highest BCUT2D eigenvalue weighted by Crippen LogP contribution is 2.38. The minimum atomic E-state index is -0.000481. The zero-order valence-electron chi connectivity index (χ0n) is 10.1. The Labute approximate surface area is 98.2 Å². The molecule has 2 heterocycles. The molecule has 1 aliphatic carbocycles. The quantitative estimate of drug-likeness (QED) is 0.724. The van der Waals surface area contributed by atoms with Gasteiger partial charge in [-0.1, -0.05) is 0 Å². The number of nitrogens with zero attached hydrogens (tertiary/aromatic N) is 1. The molecule has 0 radical (unpaired) electrons. The molecule has 92 valence electrons. The zero-order valence-corrected chi connectivity index (χ0v) is 10.1. The molecule has 2 saturated heterocycles. The molecule has 2 aliphatic heterocycles. The minimum Gasteiger partial charge on any atom is -0.393 e. The lowest BCUT2D eigenvalue weighted by Gasteiger charge is -2.28. The Bertz CT molecular complexity index is 240. The minimum absolute atomic E-state index is 0.000481. The van der Waals surface area contributed by atoms with Crippen molar-refractivity contribution in [3.8, 4) is 0 Å². The Morgan fingerprint density at radius 1 is 1.19 bits per heavy atom. The van der Waals surface area contributed by atoms with Gasteiger partial charge < -0.3 is 15.3 Å². The van der Waals surface area contributed by atoms with E-state index in [1.807, 2.05) is 0 Å². The fourth-order valence-electron chi connectivity index (χ4n) is 3.92. The number of fused-ring (bicyclic) bond motifs is 1. The largest absolute Gasteiger partial charge is 0.393 e. The van der Waals surface area contributed by atoms with Crippen molar-refractivity contribution in [1.82, 2.24) is 10.2 Å². The van der Waals surface area contributed by atoms with Crippen molar-refractivity contribution in [2.45, 2.75) is 31.8 Å². The molecular weight excluding hydrogens is 200 g/mol. The van der Waals surface area contributed by atoms with E-state index in [1.54, 1.807) is 0 Å².